The van der Waals surface area contributed by atoms with Crippen molar-refractivity contribution in [2.75, 3.05) is 0 Å². The Hall–Kier alpha value is -1.99. The predicted octanol–water partition coefficient (Wildman–Crippen LogP) is 3.34. The Morgan fingerprint density at radius 1 is 1.33 bits per heavy atom. The fraction of sp³-hybridized carbons (Fsp3) is 0.294. The van der Waals surface area contributed by atoms with E-state index in [0.717, 1.165) is 30.0 Å². The molecule has 1 aliphatic heterocycles. The van der Waals surface area contributed by atoms with Gasteiger partial charge in [-0.05, 0) is 18.1 Å². The van der Waals surface area contributed by atoms with E-state index in [2.05, 4.69) is 0 Å². The van der Waals surface area contributed by atoms with Gasteiger partial charge in [-0.15, -0.1) is 0 Å². The summed E-state index contributed by atoms with van der Waals surface area (Å²) in [4.78, 5) is 36.3. The first-order chi connectivity index (χ1) is 11.5. The Morgan fingerprint density at radius 2 is 1.96 bits per heavy atom. The van der Waals surface area contributed by atoms with E-state index in [9.17, 15) is 19.5 Å². The molecule has 1 aliphatic rings. The van der Waals surface area contributed by atoms with Gasteiger partial charge in [0.1, 0.15) is 16.6 Å². The maximum absolute atomic E-state index is 12.6. The highest BCUT2D eigenvalue weighted by Crippen LogP contribution is 2.35. The lowest BCUT2D eigenvalue weighted by atomic mass is 10.1. The van der Waals surface area contributed by atoms with Crippen molar-refractivity contribution in [2.24, 2.45) is 0 Å². The zero-order valence-electron chi connectivity index (χ0n) is 13.1. The van der Waals surface area contributed by atoms with Crippen LogP contribution in [0.1, 0.15) is 42.1 Å². The van der Waals surface area contributed by atoms with Gasteiger partial charge in [-0.1, -0.05) is 68.0 Å². The molecule has 0 bridgehead atoms. The first-order valence-corrected chi connectivity index (χ1v) is 8.75. The van der Waals surface area contributed by atoms with Crippen LogP contribution >= 0.6 is 24.0 Å². The van der Waals surface area contributed by atoms with Gasteiger partial charge < -0.3 is 5.11 Å². The number of unbranched alkanes of at least 4 members (excludes halogenated alkanes) is 1. The fourth-order valence-corrected chi connectivity index (χ4v) is 3.69. The molecule has 1 amide bonds. The minimum atomic E-state index is -1.05. The van der Waals surface area contributed by atoms with Gasteiger partial charge in [0.2, 0.25) is 0 Å². The quantitative estimate of drug-likeness (QED) is 0.455. The first kappa shape index (κ1) is 18.4. The molecule has 5 nitrogen and oxygen atoms in total. The number of hydrogen-bond acceptors (Lipinski definition) is 5. The van der Waals surface area contributed by atoms with Crippen molar-refractivity contribution in [3.63, 3.8) is 0 Å². The van der Waals surface area contributed by atoms with Crippen molar-refractivity contribution in [1.29, 1.82) is 0 Å². The van der Waals surface area contributed by atoms with Gasteiger partial charge in [-0.2, -0.15) is 0 Å². The van der Waals surface area contributed by atoms with E-state index < -0.39 is 12.0 Å². The molecule has 0 radical (unpaired) electrons. The average molecular weight is 363 g/mol. The third-order valence-corrected chi connectivity index (χ3v) is 4.95. The number of thioether (sulfide) groups is 1. The molecule has 1 fully saturated rings. The monoisotopic (exact) mass is 363 g/mol. The SMILES string of the molecule is CCCC[C@H](C(=O)O)N1C(=O)/C(=C/c2ccc(C=O)cc2)SC1=S. The standard InChI is InChI=1S/C17H17NO4S2/c1-2-3-4-13(16(21)22)18-15(20)14(24-17(18)23)9-11-5-7-12(10-19)8-6-11/h5-10,13H,2-4H2,1H3,(H,21,22)/b14-9-/t13-/m1/s1. The highest BCUT2D eigenvalue weighted by atomic mass is 32.2. The Bertz CT molecular complexity index is 697. The summed E-state index contributed by atoms with van der Waals surface area (Å²) < 4.78 is 0.263. The molecular formula is C17H17NO4S2. The second-order valence-electron chi connectivity index (χ2n) is 5.33. The molecule has 1 aromatic rings. The maximum atomic E-state index is 12.6. The molecule has 7 heteroatoms. The van der Waals surface area contributed by atoms with Gasteiger partial charge in [0.05, 0.1) is 4.91 Å². The second kappa shape index (κ2) is 8.21. The number of carbonyl (C=O) groups excluding carboxylic acids is 2. The molecule has 1 atom stereocenters. The number of carboxylic acid groups (broad SMARTS) is 1. The van der Waals surface area contributed by atoms with Crippen LogP contribution in [0, 0.1) is 0 Å². The van der Waals surface area contributed by atoms with Crippen molar-refractivity contribution in [3.05, 3.63) is 40.3 Å². The third kappa shape index (κ3) is 4.10. The Kier molecular flexibility index (Phi) is 6.28. The summed E-state index contributed by atoms with van der Waals surface area (Å²) in [5, 5.41) is 9.41. The van der Waals surface area contributed by atoms with Crippen LogP contribution in [-0.2, 0) is 9.59 Å². The summed E-state index contributed by atoms with van der Waals surface area (Å²) in [6.45, 7) is 1.96. The zero-order chi connectivity index (χ0) is 17.7. The number of aliphatic carboxylic acids is 1. The van der Waals surface area contributed by atoms with Gasteiger partial charge in [-0.25, -0.2) is 4.79 Å². The first-order valence-electron chi connectivity index (χ1n) is 7.53. The number of hydrogen-bond donors (Lipinski definition) is 1. The lowest BCUT2D eigenvalue weighted by Gasteiger charge is -2.22. The average Bonchev–Trinajstić information content (AvgIpc) is 2.83. The van der Waals surface area contributed by atoms with Crippen molar-refractivity contribution >= 4 is 52.5 Å². The summed E-state index contributed by atoms with van der Waals surface area (Å²) in [6, 6.07) is 5.83. The van der Waals surface area contributed by atoms with Crippen molar-refractivity contribution < 1.29 is 19.5 Å². The number of thiocarbonyl (C=S) groups is 1. The van der Waals surface area contributed by atoms with E-state index in [4.69, 9.17) is 12.2 Å². The maximum Gasteiger partial charge on any atom is 0.326 e. The van der Waals surface area contributed by atoms with Gasteiger partial charge in [0.15, 0.2) is 0 Å². The highest BCUT2D eigenvalue weighted by Gasteiger charge is 2.40. The predicted molar refractivity (Wildman–Crippen MR) is 97.8 cm³/mol. The molecular weight excluding hydrogens is 346 g/mol. The van der Waals surface area contributed by atoms with E-state index in [1.807, 2.05) is 6.92 Å². The second-order valence-corrected chi connectivity index (χ2v) is 7.01. The molecule has 0 aliphatic carbocycles. The van der Waals surface area contributed by atoms with Crippen LogP contribution in [0.3, 0.4) is 0 Å². The molecule has 2 rings (SSSR count). The molecule has 0 unspecified atom stereocenters. The minimum absolute atomic E-state index is 0.263. The van der Waals surface area contributed by atoms with Gasteiger partial charge >= 0.3 is 5.97 Å². The van der Waals surface area contributed by atoms with Gasteiger partial charge in [0.25, 0.3) is 5.91 Å². The van der Waals surface area contributed by atoms with E-state index in [1.54, 1.807) is 30.3 Å². The van der Waals surface area contributed by atoms with Gasteiger partial charge in [0, 0.05) is 5.56 Å². The Morgan fingerprint density at radius 3 is 2.50 bits per heavy atom. The number of rotatable bonds is 7. The lowest BCUT2D eigenvalue weighted by Crippen LogP contribution is -2.43. The van der Waals surface area contributed by atoms with Crippen LogP contribution in [0.25, 0.3) is 6.08 Å². The van der Waals surface area contributed by atoms with E-state index >= 15 is 0 Å². The molecule has 1 N–H and O–H groups in total. The molecule has 24 heavy (non-hydrogen) atoms. The Labute approximate surface area is 149 Å². The van der Waals surface area contributed by atoms with E-state index in [0.29, 0.717) is 23.3 Å². The summed E-state index contributed by atoms with van der Waals surface area (Å²) in [5.74, 6) is -1.43. The number of benzene rings is 1. The van der Waals surface area contributed by atoms with Crippen LogP contribution in [-0.4, -0.2) is 38.5 Å². The fourth-order valence-electron chi connectivity index (χ4n) is 2.33. The smallest absolute Gasteiger partial charge is 0.326 e. The van der Waals surface area contributed by atoms with Gasteiger partial charge in [-0.3, -0.25) is 14.5 Å². The highest BCUT2D eigenvalue weighted by molar-refractivity contribution is 8.26. The molecule has 0 saturated carbocycles. The van der Waals surface area contributed by atoms with Crippen molar-refractivity contribution in [2.45, 2.75) is 32.2 Å². The molecule has 126 valence electrons. The molecule has 0 aromatic heterocycles. The van der Waals surface area contributed by atoms with Crippen LogP contribution in [0.15, 0.2) is 29.2 Å². The number of carboxylic acids is 1. The summed E-state index contributed by atoms with van der Waals surface area (Å²) in [6.07, 6.45) is 4.33. The van der Waals surface area contributed by atoms with Crippen LogP contribution < -0.4 is 0 Å². The third-order valence-electron chi connectivity index (χ3n) is 3.62. The normalized spacial score (nSPS) is 17.4. The number of nitrogens with zero attached hydrogens (tertiary/aromatic N) is 1. The lowest BCUT2D eigenvalue weighted by molar-refractivity contribution is -0.145. The summed E-state index contributed by atoms with van der Waals surface area (Å²) in [5.41, 5.74) is 1.30. The molecule has 1 heterocycles. The number of aldehydes is 1. The van der Waals surface area contributed by atoms with Crippen molar-refractivity contribution in [1.82, 2.24) is 4.90 Å². The van der Waals surface area contributed by atoms with Crippen LogP contribution in [0.4, 0.5) is 0 Å². The summed E-state index contributed by atoms with van der Waals surface area (Å²) >= 11 is 6.32. The van der Waals surface area contributed by atoms with E-state index in [1.165, 1.54) is 4.90 Å². The number of amides is 1. The van der Waals surface area contributed by atoms with Crippen molar-refractivity contribution in [3.8, 4) is 0 Å². The Balaban J connectivity index is 2.24. The topological polar surface area (TPSA) is 74.7 Å². The van der Waals surface area contributed by atoms with Crippen LogP contribution in [0.2, 0.25) is 0 Å². The zero-order valence-corrected chi connectivity index (χ0v) is 14.7. The molecule has 1 aromatic carbocycles. The van der Waals surface area contributed by atoms with Crippen LogP contribution in [0.5, 0.6) is 0 Å². The number of carbonyl (C=O) groups is 3. The summed E-state index contributed by atoms with van der Waals surface area (Å²) in [7, 11) is 0. The molecule has 1 saturated heterocycles. The van der Waals surface area contributed by atoms with E-state index in [-0.39, 0.29) is 10.2 Å². The largest absolute Gasteiger partial charge is 0.480 e. The minimum Gasteiger partial charge on any atom is -0.480 e. The molecule has 0 spiro atoms.